The van der Waals surface area contributed by atoms with Gasteiger partial charge in [0.15, 0.2) is 5.96 Å². The Labute approximate surface area is 162 Å². The molecule has 0 saturated heterocycles. The molecule has 0 spiro atoms. The molecule has 3 rings (SSSR count). The van der Waals surface area contributed by atoms with Crippen LogP contribution in [0.4, 0.5) is 0 Å². The smallest absolute Gasteiger partial charge is 0.191 e. The SMILES string of the molecule is CN=C(NCCCn1nc(C)cc1C)NCCN1CCc2ccccc2C1. The van der Waals surface area contributed by atoms with Crippen molar-refractivity contribution in [3.8, 4) is 0 Å². The third-order valence-corrected chi connectivity index (χ3v) is 5.10. The molecule has 0 atom stereocenters. The minimum atomic E-state index is 0.876. The molecule has 0 unspecified atom stereocenters. The fourth-order valence-electron chi connectivity index (χ4n) is 3.63. The first-order chi connectivity index (χ1) is 13.2. The molecule has 1 aromatic carbocycles. The highest BCUT2D eigenvalue weighted by atomic mass is 15.3. The maximum absolute atomic E-state index is 4.50. The Morgan fingerprint density at radius 1 is 1.11 bits per heavy atom. The molecule has 2 N–H and O–H groups in total. The number of nitrogens with one attached hydrogen (secondary N) is 2. The Kier molecular flexibility index (Phi) is 6.87. The standard InChI is InChI=1S/C21H32N6/c1-17-15-18(2)27(25-17)12-6-10-23-21(22-3)24-11-14-26-13-9-19-7-4-5-8-20(19)16-26/h4-5,7-8,15H,6,9-14,16H2,1-3H3,(H2,22,23,24). The minimum Gasteiger partial charge on any atom is -0.356 e. The van der Waals surface area contributed by atoms with E-state index in [0.717, 1.165) is 63.8 Å². The van der Waals surface area contributed by atoms with E-state index in [4.69, 9.17) is 0 Å². The lowest BCUT2D eigenvalue weighted by Gasteiger charge is -2.28. The third-order valence-electron chi connectivity index (χ3n) is 5.10. The fraction of sp³-hybridized carbons (Fsp3) is 0.524. The summed E-state index contributed by atoms with van der Waals surface area (Å²) in [6.45, 7) is 10.1. The second-order valence-electron chi connectivity index (χ2n) is 7.22. The number of hydrogen-bond acceptors (Lipinski definition) is 3. The largest absolute Gasteiger partial charge is 0.356 e. The van der Waals surface area contributed by atoms with Crippen LogP contribution in [0.5, 0.6) is 0 Å². The first-order valence-electron chi connectivity index (χ1n) is 9.90. The zero-order valence-electron chi connectivity index (χ0n) is 16.8. The van der Waals surface area contributed by atoms with E-state index >= 15 is 0 Å². The first kappa shape index (κ1) is 19.4. The Balaban J connectivity index is 1.33. The normalized spacial score (nSPS) is 14.9. The van der Waals surface area contributed by atoms with Crippen molar-refractivity contribution >= 4 is 5.96 Å². The van der Waals surface area contributed by atoms with Gasteiger partial charge in [-0.1, -0.05) is 24.3 Å². The van der Waals surface area contributed by atoms with E-state index in [1.54, 1.807) is 0 Å². The number of guanidine groups is 1. The van der Waals surface area contributed by atoms with Crippen molar-refractivity contribution in [2.75, 3.05) is 33.2 Å². The monoisotopic (exact) mass is 368 g/mol. The van der Waals surface area contributed by atoms with Gasteiger partial charge in [-0.15, -0.1) is 0 Å². The molecule has 1 aromatic heterocycles. The van der Waals surface area contributed by atoms with E-state index < -0.39 is 0 Å². The van der Waals surface area contributed by atoms with Crippen molar-refractivity contribution < 1.29 is 0 Å². The van der Waals surface area contributed by atoms with Gasteiger partial charge in [0.25, 0.3) is 0 Å². The average Bonchev–Trinajstić information content (AvgIpc) is 3.00. The lowest BCUT2D eigenvalue weighted by molar-refractivity contribution is 0.258. The minimum absolute atomic E-state index is 0.876. The third kappa shape index (κ3) is 5.57. The van der Waals surface area contributed by atoms with Gasteiger partial charge in [-0.05, 0) is 43.9 Å². The molecule has 146 valence electrons. The molecule has 2 heterocycles. The van der Waals surface area contributed by atoms with E-state index in [9.17, 15) is 0 Å². The fourth-order valence-corrected chi connectivity index (χ4v) is 3.63. The highest BCUT2D eigenvalue weighted by Crippen LogP contribution is 2.17. The van der Waals surface area contributed by atoms with Crippen LogP contribution in [0.3, 0.4) is 0 Å². The molecule has 0 fully saturated rings. The maximum Gasteiger partial charge on any atom is 0.191 e. The van der Waals surface area contributed by atoms with Crippen molar-refractivity contribution in [1.29, 1.82) is 0 Å². The van der Waals surface area contributed by atoms with Crippen LogP contribution in [0.1, 0.15) is 28.9 Å². The number of fused-ring (bicyclic) bond motifs is 1. The Morgan fingerprint density at radius 2 is 1.89 bits per heavy atom. The summed E-state index contributed by atoms with van der Waals surface area (Å²) in [6, 6.07) is 10.9. The molecule has 1 aliphatic heterocycles. The van der Waals surface area contributed by atoms with E-state index in [1.807, 2.05) is 14.0 Å². The van der Waals surface area contributed by atoms with Crippen LogP contribution in [0, 0.1) is 13.8 Å². The van der Waals surface area contributed by atoms with Crippen LogP contribution in [-0.4, -0.2) is 53.9 Å². The lowest BCUT2D eigenvalue weighted by Crippen LogP contribution is -2.43. The molecule has 1 aliphatic rings. The second-order valence-corrected chi connectivity index (χ2v) is 7.22. The van der Waals surface area contributed by atoms with Gasteiger partial charge in [0.05, 0.1) is 5.69 Å². The van der Waals surface area contributed by atoms with Gasteiger partial charge in [-0.2, -0.15) is 5.10 Å². The highest BCUT2D eigenvalue weighted by Gasteiger charge is 2.15. The summed E-state index contributed by atoms with van der Waals surface area (Å²) in [5, 5.41) is 11.3. The molecule has 2 aromatic rings. The van der Waals surface area contributed by atoms with Crippen molar-refractivity contribution in [3.05, 3.63) is 52.8 Å². The van der Waals surface area contributed by atoms with Gasteiger partial charge >= 0.3 is 0 Å². The van der Waals surface area contributed by atoms with Crippen LogP contribution in [0.25, 0.3) is 0 Å². The number of nitrogens with zero attached hydrogens (tertiary/aromatic N) is 4. The number of aromatic nitrogens is 2. The maximum atomic E-state index is 4.50. The highest BCUT2D eigenvalue weighted by molar-refractivity contribution is 5.79. The van der Waals surface area contributed by atoms with Gasteiger partial charge in [0.1, 0.15) is 0 Å². The number of hydrogen-bond donors (Lipinski definition) is 2. The van der Waals surface area contributed by atoms with Crippen LogP contribution in [0.2, 0.25) is 0 Å². The van der Waals surface area contributed by atoms with Crippen molar-refractivity contribution in [3.63, 3.8) is 0 Å². The molecular weight excluding hydrogens is 336 g/mol. The Morgan fingerprint density at radius 3 is 2.63 bits per heavy atom. The number of aryl methyl sites for hydroxylation is 3. The summed E-state index contributed by atoms with van der Waals surface area (Å²) in [5.74, 6) is 0.876. The number of benzene rings is 1. The summed E-state index contributed by atoms with van der Waals surface area (Å²) in [4.78, 5) is 6.83. The molecule has 0 radical (unpaired) electrons. The summed E-state index contributed by atoms with van der Waals surface area (Å²) >= 11 is 0. The van der Waals surface area contributed by atoms with Crippen molar-refractivity contribution in [1.82, 2.24) is 25.3 Å². The summed E-state index contributed by atoms with van der Waals surface area (Å²) in [5.41, 5.74) is 5.27. The molecule has 0 saturated carbocycles. The predicted molar refractivity (Wildman–Crippen MR) is 111 cm³/mol. The lowest BCUT2D eigenvalue weighted by atomic mass is 10.00. The van der Waals surface area contributed by atoms with E-state index in [0.29, 0.717) is 0 Å². The molecular formula is C21H32N6. The summed E-state index contributed by atoms with van der Waals surface area (Å²) < 4.78 is 2.07. The van der Waals surface area contributed by atoms with Gasteiger partial charge in [-0.3, -0.25) is 14.6 Å². The quantitative estimate of drug-likeness (QED) is 0.446. The molecule has 0 aliphatic carbocycles. The van der Waals surface area contributed by atoms with Crippen LogP contribution in [0.15, 0.2) is 35.3 Å². The number of aliphatic imine (C=N–C) groups is 1. The van der Waals surface area contributed by atoms with Crippen molar-refractivity contribution in [2.45, 2.75) is 39.8 Å². The molecule has 27 heavy (non-hydrogen) atoms. The molecule has 6 nitrogen and oxygen atoms in total. The molecule has 6 heteroatoms. The van der Waals surface area contributed by atoms with Gasteiger partial charge in [0, 0.05) is 52.0 Å². The summed E-state index contributed by atoms with van der Waals surface area (Å²) in [6.07, 6.45) is 2.17. The van der Waals surface area contributed by atoms with Gasteiger partial charge < -0.3 is 10.6 Å². The van der Waals surface area contributed by atoms with E-state index in [-0.39, 0.29) is 0 Å². The Hall–Kier alpha value is -2.34. The van der Waals surface area contributed by atoms with Crippen LogP contribution < -0.4 is 10.6 Å². The van der Waals surface area contributed by atoms with Gasteiger partial charge in [-0.25, -0.2) is 0 Å². The first-order valence-corrected chi connectivity index (χ1v) is 9.90. The molecule has 0 amide bonds. The zero-order valence-corrected chi connectivity index (χ0v) is 16.8. The molecule has 0 bridgehead atoms. The van der Waals surface area contributed by atoms with E-state index in [1.165, 1.54) is 16.8 Å². The van der Waals surface area contributed by atoms with Crippen molar-refractivity contribution in [2.24, 2.45) is 4.99 Å². The van der Waals surface area contributed by atoms with Crippen LogP contribution in [-0.2, 0) is 19.5 Å². The average molecular weight is 369 g/mol. The topological polar surface area (TPSA) is 57.5 Å². The Bertz CT molecular complexity index is 764. The van der Waals surface area contributed by atoms with Crippen LogP contribution >= 0.6 is 0 Å². The summed E-state index contributed by atoms with van der Waals surface area (Å²) in [7, 11) is 1.83. The predicted octanol–water partition coefficient (Wildman–Crippen LogP) is 2.11. The zero-order chi connectivity index (χ0) is 19.1. The van der Waals surface area contributed by atoms with E-state index in [2.05, 4.69) is 67.6 Å². The van der Waals surface area contributed by atoms with Gasteiger partial charge in [0.2, 0.25) is 0 Å². The second kappa shape index (κ2) is 9.55. The number of rotatable bonds is 7.